The third kappa shape index (κ3) is 1.67. The lowest BCUT2D eigenvalue weighted by atomic mass is 10.2. The molecule has 0 saturated heterocycles. The third-order valence-corrected chi connectivity index (χ3v) is 2.29. The third-order valence-electron chi connectivity index (χ3n) is 2.29. The number of benzene rings is 1. The molecule has 0 radical (unpaired) electrons. The first kappa shape index (κ1) is 9.96. The lowest BCUT2D eigenvalue weighted by Gasteiger charge is -2.09. The van der Waals surface area contributed by atoms with E-state index in [4.69, 9.17) is 5.73 Å². The smallest absolute Gasteiger partial charge is 0.201 e. The van der Waals surface area contributed by atoms with Crippen molar-refractivity contribution < 1.29 is 4.39 Å². The Labute approximate surface area is 87.7 Å². The fraction of sp³-hybridized carbons (Fsp3) is 0.364. The zero-order chi connectivity index (χ0) is 11.0. The van der Waals surface area contributed by atoms with Crippen molar-refractivity contribution in [3.05, 3.63) is 24.0 Å². The Kier molecular flexibility index (Phi) is 2.34. The first-order valence-corrected chi connectivity index (χ1v) is 5.00. The first-order valence-electron chi connectivity index (χ1n) is 5.00. The average Bonchev–Trinajstić information content (AvgIpc) is 2.43. The standard InChI is InChI=1S/C11H14FN3/c1-7(2)6-15-10-8(12)4-3-5-9(10)14-11(15)13/h3-5,7H,6H2,1-2H3,(H2,13,14). The minimum Gasteiger partial charge on any atom is -0.369 e. The molecule has 2 aromatic rings. The Morgan fingerprint density at radius 1 is 1.47 bits per heavy atom. The summed E-state index contributed by atoms with van der Waals surface area (Å²) in [5.41, 5.74) is 6.88. The van der Waals surface area contributed by atoms with Gasteiger partial charge in [0.25, 0.3) is 0 Å². The molecule has 0 saturated carbocycles. The highest BCUT2D eigenvalue weighted by Crippen LogP contribution is 2.21. The Morgan fingerprint density at radius 3 is 2.87 bits per heavy atom. The molecule has 0 aliphatic carbocycles. The minimum absolute atomic E-state index is 0.266. The van der Waals surface area contributed by atoms with Crippen LogP contribution in [-0.4, -0.2) is 9.55 Å². The van der Waals surface area contributed by atoms with Crippen molar-refractivity contribution in [2.24, 2.45) is 5.92 Å². The largest absolute Gasteiger partial charge is 0.369 e. The lowest BCUT2D eigenvalue weighted by Crippen LogP contribution is -2.08. The van der Waals surface area contributed by atoms with Gasteiger partial charge in [0, 0.05) is 6.54 Å². The van der Waals surface area contributed by atoms with Crippen molar-refractivity contribution in [2.45, 2.75) is 20.4 Å². The fourth-order valence-corrected chi connectivity index (χ4v) is 1.71. The molecule has 0 aliphatic rings. The number of nitrogens with two attached hydrogens (primary N) is 1. The van der Waals surface area contributed by atoms with E-state index in [1.165, 1.54) is 6.07 Å². The van der Waals surface area contributed by atoms with E-state index in [9.17, 15) is 4.39 Å². The normalized spacial score (nSPS) is 11.5. The number of hydrogen-bond donors (Lipinski definition) is 1. The monoisotopic (exact) mass is 207 g/mol. The predicted molar refractivity (Wildman–Crippen MR) is 58.9 cm³/mol. The number of para-hydroxylation sites is 1. The molecule has 2 rings (SSSR count). The molecule has 2 N–H and O–H groups in total. The second-order valence-corrected chi connectivity index (χ2v) is 4.08. The summed E-state index contributed by atoms with van der Waals surface area (Å²) in [6.45, 7) is 4.81. The number of aromatic nitrogens is 2. The number of nitrogen functional groups attached to an aromatic ring is 1. The molecular formula is C11H14FN3. The number of rotatable bonds is 2. The molecule has 0 fully saturated rings. The average molecular weight is 207 g/mol. The van der Waals surface area contributed by atoms with Crippen LogP contribution < -0.4 is 5.73 Å². The van der Waals surface area contributed by atoms with Gasteiger partial charge in [-0.05, 0) is 18.1 Å². The van der Waals surface area contributed by atoms with Crippen LogP contribution in [0.25, 0.3) is 11.0 Å². The van der Waals surface area contributed by atoms with E-state index in [-0.39, 0.29) is 5.82 Å². The molecule has 4 heteroatoms. The van der Waals surface area contributed by atoms with Crippen LogP contribution in [0.5, 0.6) is 0 Å². The lowest BCUT2D eigenvalue weighted by molar-refractivity contribution is 0.530. The topological polar surface area (TPSA) is 43.8 Å². The van der Waals surface area contributed by atoms with Gasteiger partial charge in [0.15, 0.2) is 0 Å². The number of hydrogen-bond acceptors (Lipinski definition) is 2. The quantitative estimate of drug-likeness (QED) is 0.821. The van der Waals surface area contributed by atoms with Crippen LogP contribution in [0.1, 0.15) is 13.8 Å². The molecule has 1 heterocycles. The van der Waals surface area contributed by atoms with E-state index in [0.717, 1.165) is 0 Å². The van der Waals surface area contributed by atoms with E-state index in [1.54, 1.807) is 16.7 Å². The van der Waals surface area contributed by atoms with Crippen molar-refractivity contribution in [3.8, 4) is 0 Å². The summed E-state index contributed by atoms with van der Waals surface area (Å²) in [6.07, 6.45) is 0. The van der Waals surface area contributed by atoms with Crippen molar-refractivity contribution >= 4 is 17.0 Å². The molecule has 0 bridgehead atoms. The van der Waals surface area contributed by atoms with Gasteiger partial charge >= 0.3 is 0 Å². The van der Waals surface area contributed by atoms with Crippen molar-refractivity contribution in [2.75, 3.05) is 5.73 Å². The summed E-state index contributed by atoms with van der Waals surface area (Å²) in [5, 5.41) is 0. The molecule has 0 spiro atoms. The molecule has 0 aliphatic heterocycles. The van der Waals surface area contributed by atoms with E-state index >= 15 is 0 Å². The maximum Gasteiger partial charge on any atom is 0.201 e. The number of halogens is 1. The van der Waals surface area contributed by atoms with Crippen LogP contribution in [0.15, 0.2) is 18.2 Å². The molecular weight excluding hydrogens is 193 g/mol. The molecule has 80 valence electrons. The Hall–Kier alpha value is -1.58. The summed E-state index contributed by atoms with van der Waals surface area (Å²) < 4.78 is 15.3. The van der Waals surface area contributed by atoms with Crippen molar-refractivity contribution in [1.29, 1.82) is 0 Å². The van der Waals surface area contributed by atoms with E-state index in [1.807, 2.05) is 0 Å². The highest BCUT2D eigenvalue weighted by molar-refractivity contribution is 5.78. The second-order valence-electron chi connectivity index (χ2n) is 4.08. The van der Waals surface area contributed by atoms with Crippen LogP contribution in [0.4, 0.5) is 10.3 Å². The van der Waals surface area contributed by atoms with Gasteiger partial charge in [0.1, 0.15) is 11.3 Å². The molecule has 0 unspecified atom stereocenters. The molecule has 0 amide bonds. The van der Waals surface area contributed by atoms with Gasteiger partial charge in [-0.2, -0.15) is 0 Å². The van der Waals surface area contributed by atoms with Gasteiger partial charge in [-0.25, -0.2) is 9.37 Å². The highest BCUT2D eigenvalue weighted by Gasteiger charge is 2.12. The van der Waals surface area contributed by atoms with Crippen LogP contribution in [0.2, 0.25) is 0 Å². The minimum atomic E-state index is -0.266. The molecule has 0 atom stereocenters. The number of anilines is 1. The number of imidazole rings is 1. The maximum atomic E-state index is 13.6. The Morgan fingerprint density at radius 2 is 2.20 bits per heavy atom. The van der Waals surface area contributed by atoms with Gasteiger partial charge in [0.05, 0.1) is 5.52 Å². The Bertz CT molecular complexity index is 488. The van der Waals surface area contributed by atoms with Crippen LogP contribution in [0, 0.1) is 11.7 Å². The first-order chi connectivity index (χ1) is 7.09. The summed E-state index contributed by atoms with van der Waals surface area (Å²) in [4.78, 5) is 4.13. The summed E-state index contributed by atoms with van der Waals surface area (Å²) >= 11 is 0. The van der Waals surface area contributed by atoms with Gasteiger partial charge in [-0.1, -0.05) is 19.9 Å². The zero-order valence-electron chi connectivity index (χ0n) is 8.87. The molecule has 3 nitrogen and oxygen atoms in total. The summed E-state index contributed by atoms with van der Waals surface area (Å²) in [7, 11) is 0. The van der Waals surface area contributed by atoms with E-state index < -0.39 is 0 Å². The molecule has 1 aromatic heterocycles. The van der Waals surface area contributed by atoms with Gasteiger partial charge in [-0.3, -0.25) is 0 Å². The van der Waals surface area contributed by atoms with E-state index in [2.05, 4.69) is 18.8 Å². The predicted octanol–water partition coefficient (Wildman–Crippen LogP) is 2.41. The second kappa shape index (κ2) is 3.53. The van der Waals surface area contributed by atoms with Crippen LogP contribution in [-0.2, 0) is 6.54 Å². The van der Waals surface area contributed by atoms with Gasteiger partial charge in [0.2, 0.25) is 5.95 Å². The van der Waals surface area contributed by atoms with Crippen LogP contribution in [0.3, 0.4) is 0 Å². The fourth-order valence-electron chi connectivity index (χ4n) is 1.71. The number of nitrogens with zero attached hydrogens (tertiary/aromatic N) is 2. The Balaban J connectivity index is 2.65. The van der Waals surface area contributed by atoms with Gasteiger partial charge in [-0.15, -0.1) is 0 Å². The summed E-state index contributed by atoms with van der Waals surface area (Å²) in [6, 6.07) is 4.84. The number of fused-ring (bicyclic) bond motifs is 1. The maximum absolute atomic E-state index is 13.6. The van der Waals surface area contributed by atoms with Crippen LogP contribution >= 0.6 is 0 Å². The van der Waals surface area contributed by atoms with Gasteiger partial charge < -0.3 is 10.3 Å². The van der Waals surface area contributed by atoms with Crippen molar-refractivity contribution in [3.63, 3.8) is 0 Å². The highest BCUT2D eigenvalue weighted by atomic mass is 19.1. The molecule has 15 heavy (non-hydrogen) atoms. The summed E-state index contributed by atoms with van der Waals surface area (Å²) in [5.74, 6) is 0.519. The van der Waals surface area contributed by atoms with E-state index in [0.29, 0.717) is 29.4 Å². The molecule has 1 aromatic carbocycles. The zero-order valence-corrected chi connectivity index (χ0v) is 8.87. The SMILES string of the molecule is CC(C)Cn1c(N)nc2cccc(F)c21. The van der Waals surface area contributed by atoms with Crippen molar-refractivity contribution in [1.82, 2.24) is 9.55 Å².